The quantitative estimate of drug-likeness (QED) is 0.698. The molecule has 0 aliphatic carbocycles. The fraction of sp³-hybridized carbons (Fsp3) is 0.391. The highest BCUT2D eigenvalue weighted by atomic mass is 35.5. The number of benzene rings is 2. The second kappa shape index (κ2) is 10.3. The highest BCUT2D eigenvalue weighted by Gasteiger charge is 2.27. The van der Waals surface area contributed by atoms with E-state index < -0.39 is 6.04 Å². The Morgan fingerprint density at radius 2 is 1.76 bits per heavy atom. The Morgan fingerprint density at radius 3 is 2.38 bits per heavy atom. The van der Waals surface area contributed by atoms with E-state index in [2.05, 4.69) is 5.32 Å². The van der Waals surface area contributed by atoms with E-state index in [1.165, 1.54) is 4.90 Å². The third-order valence-electron chi connectivity index (χ3n) is 4.74. The average molecular weight is 417 g/mol. The van der Waals surface area contributed by atoms with Crippen LogP contribution >= 0.6 is 11.6 Å². The molecule has 0 bridgehead atoms. The number of amides is 2. The first-order chi connectivity index (χ1) is 13.7. The SMILES string of the molecule is Cc1ccc(OCC(=O)N(Cc2ccccc2Cl)[C@H](C)C(=O)NC(C)C)cc1C. The van der Waals surface area contributed by atoms with Crippen LogP contribution in [0.15, 0.2) is 42.5 Å². The van der Waals surface area contributed by atoms with Crippen LogP contribution in [0.25, 0.3) is 0 Å². The van der Waals surface area contributed by atoms with Crippen LogP contribution in [0, 0.1) is 13.8 Å². The number of halogens is 1. The van der Waals surface area contributed by atoms with E-state index >= 15 is 0 Å². The van der Waals surface area contributed by atoms with Crippen molar-refractivity contribution in [2.45, 2.75) is 53.2 Å². The lowest BCUT2D eigenvalue weighted by Crippen LogP contribution is -2.50. The van der Waals surface area contributed by atoms with Crippen LogP contribution < -0.4 is 10.1 Å². The van der Waals surface area contributed by atoms with Crippen LogP contribution in [0.5, 0.6) is 5.75 Å². The van der Waals surface area contributed by atoms with Gasteiger partial charge in [-0.15, -0.1) is 0 Å². The largest absolute Gasteiger partial charge is 0.484 e. The lowest BCUT2D eigenvalue weighted by molar-refractivity contribution is -0.142. The van der Waals surface area contributed by atoms with Crippen LogP contribution in [0.3, 0.4) is 0 Å². The number of hydrogen-bond acceptors (Lipinski definition) is 3. The average Bonchev–Trinajstić information content (AvgIpc) is 2.67. The third kappa shape index (κ3) is 6.50. The van der Waals surface area contributed by atoms with E-state index in [9.17, 15) is 9.59 Å². The van der Waals surface area contributed by atoms with E-state index in [0.29, 0.717) is 10.8 Å². The monoisotopic (exact) mass is 416 g/mol. The van der Waals surface area contributed by atoms with Crippen LogP contribution in [0.2, 0.25) is 5.02 Å². The van der Waals surface area contributed by atoms with Gasteiger partial charge in [-0.05, 0) is 69.5 Å². The summed E-state index contributed by atoms with van der Waals surface area (Å²) in [6, 6.07) is 12.3. The van der Waals surface area contributed by atoms with E-state index in [1.54, 1.807) is 13.0 Å². The van der Waals surface area contributed by atoms with Crippen LogP contribution in [-0.2, 0) is 16.1 Å². The van der Waals surface area contributed by atoms with Crippen molar-refractivity contribution in [3.63, 3.8) is 0 Å². The molecule has 29 heavy (non-hydrogen) atoms. The number of hydrogen-bond donors (Lipinski definition) is 1. The Bertz CT molecular complexity index is 867. The first kappa shape index (κ1) is 22.8. The molecule has 0 spiro atoms. The van der Waals surface area contributed by atoms with Crippen LogP contribution in [0.1, 0.15) is 37.5 Å². The Morgan fingerprint density at radius 1 is 1.07 bits per heavy atom. The molecule has 0 aliphatic heterocycles. The van der Waals surface area contributed by atoms with E-state index in [-0.39, 0.29) is 31.0 Å². The van der Waals surface area contributed by atoms with Gasteiger partial charge in [0.05, 0.1) is 0 Å². The minimum Gasteiger partial charge on any atom is -0.484 e. The zero-order valence-electron chi connectivity index (χ0n) is 17.7. The number of rotatable bonds is 8. The van der Waals surface area contributed by atoms with Crippen molar-refractivity contribution >= 4 is 23.4 Å². The first-order valence-electron chi connectivity index (χ1n) is 9.72. The molecule has 0 aromatic heterocycles. The molecule has 0 saturated heterocycles. The van der Waals surface area contributed by atoms with Gasteiger partial charge in [0.1, 0.15) is 11.8 Å². The predicted octanol–water partition coefficient (Wildman–Crippen LogP) is 4.28. The van der Waals surface area contributed by atoms with Gasteiger partial charge >= 0.3 is 0 Å². The summed E-state index contributed by atoms with van der Waals surface area (Å²) in [5.41, 5.74) is 3.02. The Kier molecular flexibility index (Phi) is 8.09. The fourth-order valence-electron chi connectivity index (χ4n) is 2.83. The number of nitrogens with zero attached hydrogens (tertiary/aromatic N) is 1. The fourth-order valence-corrected chi connectivity index (χ4v) is 3.03. The number of carbonyl (C=O) groups excluding carboxylic acids is 2. The summed E-state index contributed by atoms with van der Waals surface area (Å²) >= 11 is 6.28. The highest BCUT2D eigenvalue weighted by Crippen LogP contribution is 2.20. The van der Waals surface area contributed by atoms with Gasteiger partial charge in [-0.3, -0.25) is 9.59 Å². The molecule has 0 saturated carbocycles. The van der Waals surface area contributed by atoms with Gasteiger partial charge in [0.2, 0.25) is 5.91 Å². The molecular weight excluding hydrogens is 388 g/mol. The van der Waals surface area contributed by atoms with Crippen molar-refractivity contribution in [3.05, 3.63) is 64.2 Å². The molecule has 6 heteroatoms. The van der Waals surface area contributed by atoms with E-state index in [4.69, 9.17) is 16.3 Å². The Hall–Kier alpha value is -2.53. The molecule has 0 fully saturated rings. The molecule has 1 atom stereocenters. The van der Waals surface area contributed by atoms with Gasteiger partial charge in [-0.1, -0.05) is 35.9 Å². The number of ether oxygens (including phenoxy) is 1. The van der Waals surface area contributed by atoms with Gasteiger partial charge in [-0.2, -0.15) is 0 Å². The molecule has 2 aromatic rings. The number of carbonyl (C=O) groups is 2. The van der Waals surface area contributed by atoms with Gasteiger partial charge in [-0.25, -0.2) is 0 Å². The minimum atomic E-state index is -0.662. The van der Waals surface area contributed by atoms with Crippen molar-refractivity contribution < 1.29 is 14.3 Å². The molecule has 0 radical (unpaired) electrons. The topological polar surface area (TPSA) is 58.6 Å². The van der Waals surface area contributed by atoms with Crippen molar-refractivity contribution in [1.29, 1.82) is 0 Å². The normalized spacial score (nSPS) is 11.8. The molecular formula is C23H29ClN2O3. The van der Waals surface area contributed by atoms with Crippen molar-refractivity contribution in [3.8, 4) is 5.75 Å². The zero-order chi connectivity index (χ0) is 21.6. The van der Waals surface area contributed by atoms with Gasteiger partial charge < -0.3 is 15.0 Å². The molecule has 2 rings (SSSR count). The van der Waals surface area contributed by atoms with Crippen LogP contribution in [0.4, 0.5) is 0 Å². The second-order valence-electron chi connectivity index (χ2n) is 7.49. The summed E-state index contributed by atoms with van der Waals surface area (Å²) in [4.78, 5) is 27.0. The number of nitrogens with one attached hydrogen (secondary N) is 1. The summed E-state index contributed by atoms with van der Waals surface area (Å²) < 4.78 is 5.71. The molecule has 2 aromatic carbocycles. The lowest BCUT2D eigenvalue weighted by atomic mass is 10.1. The Balaban J connectivity index is 2.18. The zero-order valence-corrected chi connectivity index (χ0v) is 18.4. The summed E-state index contributed by atoms with van der Waals surface area (Å²) in [5.74, 6) is 0.125. The summed E-state index contributed by atoms with van der Waals surface area (Å²) in [7, 11) is 0. The van der Waals surface area contributed by atoms with Crippen molar-refractivity contribution in [2.24, 2.45) is 0 Å². The van der Waals surface area contributed by atoms with Crippen molar-refractivity contribution in [2.75, 3.05) is 6.61 Å². The molecule has 1 N–H and O–H groups in total. The molecule has 0 heterocycles. The third-order valence-corrected chi connectivity index (χ3v) is 5.11. The first-order valence-corrected chi connectivity index (χ1v) is 10.1. The lowest BCUT2D eigenvalue weighted by Gasteiger charge is -2.29. The smallest absolute Gasteiger partial charge is 0.261 e. The van der Waals surface area contributed by atoms with Gasteiger partial charge in [0.25, 0.3) is 5.91 Å². The molecule has 156 valence electrons. The van der Waals surface area contributed by atoms with E-state index in [1.807, 2.05) is 64.1 Å². The molecule has 0 unspecified atom stereocenters. The molecule has 2 amide bonds. The maximum absolute atomic E-state index is 13.0. The molecule has 5 nitrogen and oxygen atoms in total. The highest BCUT2D eigenvalue weighted by molar-refractivity contribution is 6.31. The minimum absolute atomic E-state index is 0.0194. The summed E-state index contributed by atoms with van der Waals surface area (Å²) in [6.45, 7) is 9.55. The van der Waals surface area contributed by atoms with Crippen LogP contribution in [-0.4, -0.2) is 35.4 Å². The summed E-state index contributed by atoms with van der Waals surface area (Å²) in [6.07, 6.45) is 0. The summed E-state index contributed by atoms with van der Waals surface area (Å²) in [5, 5.41) is 3.41. The molecule has 0 aliphatic rings. The van der Waals surface area contributed by atoms with Gasteiger partial charge in [0.15, 0.2) is 6.61 Å². The maximum Gasteiger partial charge on any atom is 0.261 e. The van der Waals surface area contributed by atoms with Crippen molar-refractivity contribution in [1.82, 2.24) is 10.2 Å². The Labute approximate surface area is 178 Å². The standard InChI is InChI=1S/C23H29ClN2O3/c1-15(2)25-23(28)18(5)26(13-19-8-6-7-9-21(19)24)22(27)14-29-20-11-10-16(3)17(4)12-20/h6-12,15,18H,13-14H2,1-5H3,(H,25,28)/t18-/m1/s1. The number of aryl methyl sites for hydroxylation is 2. The van der Waals surface area contributed by atoms with E-state index in [0.717, 1.165) is 16.7 Å². The maximum atomic E-state index is 13.0. The second-order valence-corrected chi connectivity index (χ2v) is 7.89. The van der Waals surface area contributed by atoms with Gasteiger partial charge in [0, 0.05) is 17.6 Å². The predicted molar refractivity (Wildman–Crippen MR) is 116 cm³/mol.